The van der Waals surface area contributed by atoms with Crippen LogP contribution in [0.3, 0.4) is 0 Å². The monoisotopic (exact) mass is 416 g/mol. The third kappa shape index (κ3) is 4.68. The maximum atomic E-state index is 13.1. The minimum atomic E-state index is -0.189. The van der Waals surface area contributed by atoms with Gasteiger partial charge < -0.3 is 20.3 Å². The third-order valence-electron chi connectivity index (χ3n) is 4.76. The molecule has 0 atom stereocenters. The number of carbonyl (C=O) groups is 1. The number of aromatic nitrogens is 2. The van der Waals surface area contributed by atoms with E-state index in [4.69, 9.17) is 15.0 Å². The van der Waals surface area contributed by atoms with Gasteiger partial charge in [0.05, 0.1) is 16.6 Å². The fraction of sp³-hybridized carbons (Fsp3) is 0.381. The molecule has 8 heteroatoms. The zero-order valence-corrected chi connectivity index (χ0v) is 17.1. The molecule has 1 aliphatic rings. The summed E-state index contributed by atoms with van der Waals surface area (Å²) in [6, 6.07) is 9.13. The molecule has 3 N–H and O–H groups in total. The van der Waals surface area contributed by atoms with Crippen molar-refractivity contribution in [2.45, 2.75) is 38.5 Å². The summed E-state index contributed by atoms with van der Waals surface area (Å²) in [6.45, 7) is 2.98. The first-order chi connectivity index (χ1) is 13.7. The van der Waals surface area contributed by atoms with E-state index >= 15 is 0 Å². The second kappa shape index (κ2) is 9.24. The molecular formula is C21H25ClN4O3. The van der Waals surface area contributed by atoms with Crippen LogP contribution < -0.4 is 15.8 Å². The lowest BCUT2D eigenvalue weighted by molar-refractivity contribution is 0.102. The van der Waals surface area contributed by atoms with Crippen molar-refractivity contribution in [1.29, 1.82) is 0 Å². The summed E-state index contributed by atoms with van der Waals surface area (Å²) in [6.07, 6.45) is 3.85. The molecule has 7 nitrogen and oxygen atoms in total. The highest BCUT2D eigenvalue weighted by molar-refractivity contribution is 6.12. The standard InChI is InChI=1S/C21H24N4O3.ClH/c1-2-3-17-19-16(12-18(13-4-5-13)24-21(19)28-25-17)20(26)23-14-6-8-15(9-7-14)27-11-10-22;/h6-9,12-13H,2-5,10-11,22H2,1H3,(H,23,26);1H. The van der Waals surface area contributed by atoms with Crippen molar-refractivity contribution in [3.63, 3.8) is 0 Å². The number of halogens is 1. The SMILES string of the molecule is CCCc1noc2nc(C3CC3)cc(C(=O)Nc3ccc(OCCN)cc3)c12.Cl. The Bertz CT molecular complexity index is 984. The van der Waals surface area contributed by atoms with Gasteiger partial charge in [0.15, 0.2) is 0 Å². The number of benzene rings is 1. The Morgan fingerprint density at radius 2 is 2.07 bits per heavy atom. The lowest BCUT2D eigenvalue weighted by Gasteiger charge is -2.09. The second-order valence-corrected chi connectivity index (χ2v) is 7.04. The molecule has 154 valence electrons. The first-order valence-corrected chi connectivity index (χ1v) is 9.73. The van der Waals surface area contributed by atoms with Crippen LogP contribution in [-0.4, -0.2) is 29.2 Å². The highest BCUT2D eigenvalue weighted by Gasteiger charge is 2.29. The van der Waals surface area contributed by atoms with Gasteiger partial charge in [-0.1, -0.05) is 18.5 Å². The molecule has 1 aliphatic carbocycles. The second-order valence-electron chi connectivity index (χ2n) is 7.04. The number of nitrogens with zero attached hydrogens (tertiary/aromatic N) is 2. The zero-order valence-electron chi connectivity index (χ0n) is 16.3. The van der Waals surface area contributed by atoms with Crippen molar-refractivity contribution >= 4 is 35.1 Å². The van der Waals surface area contributed by atoms with Gasteiger partial charge in [-0.15, -0.1) is 12.4 Å². The van der Waals surface area contributed by atoms with Crippen molar-refractivity contribution < 1.29 is 14.1 Å². The Kier molecular flexibility index (Phi) is 6.71. The number of rotatable bonds is 8. The molecule has 1 fully saturated rings. The van der Waals surface area contributed by atoms with E-state index in [1.807, 2.05) is 30.3 Å². The van der Waals surface area contributed by atoms with Crippen LogP contribution in [0.1, 0.15) is 53.8 Å². The van der Waals surface area contributed by atoms with Gasteiger partial charge in [-0.25, -0.2) is 4.98 Å². The van der Waals surface area contributed by atoms with E-state index in [0.29, 0.717) is 41.4 Å². The van der Waals surface area contributed by atoms with Gasteiger partial charge in [0.25, 0.3) is 11.6 Å². The number of aryl methyl sites for hydroxylation is 1. The van der Waals surface area contributed by atoms with E-state index < -0.39 is 0 Å². The summed E-state index contributed by atoms with van der Waals surface area (Å²) in [5.74, 6) is 0.940. The number of nitrogens with two attached hydrogens (primary N) is 1. The van der Waals surface area contributed by atoms with E-state index in [0.717, 1.165) is 42.8 Å². The Morgan fingerprint density at radius 3 is 2.72 bits per heavy atom. The summed E-state index contributed by atoms with van der Waals surface area (Å²) in [5.41, 5.74) is 8.84. The minimum absolute atomic E-state index is 0. The molecule has 0 radical (unpaired) electrons. The van der Waals surface area contributed by atoms with Crippen LogP contribution >= 0.6 is 12.4 Å². The van der Waals surface area contributed by atoms with E-state index in [9.17, 15) is 4.79 Å². The van der Waals surface area contributed by atoms with Crippen LogP contribution in [0.25, 0.3) is 11.1 Å². The largest absolute Gasteiger partial charge is 0.492 e. The topological polar surface area (TPSA) is 103 Å². The predicted molar refractivity (Wildman–Crippen MR) is 114 cm³/mol. The fourth-order valence-corrected chi connectivity index (χ4v) is 3.21. The number of hydrogen-bond donors (Lipinski definition) is 2. The normalized spacial score (nSPS) is 13.2. The summed E-state index contributed by atoms with van der Waals surface area (Å²) < 4.78 is 10.9. The van der Waals surface area contributed by atoms with Gasteiger partial charge in [-0.3, -0.25) is 4.79 Å². The quantitative estimate of drug-likeness (QED) is 0.573. The Morgan fingerprint density at radius 1 is 1.31 bits per heavy atom. The Hall–Kier alpha value is -2.64. The molecule has 0 aliphatic heterocycles. The maximum absolute atomic E-state index is 13.1. The number of fused-ring (bicyclic) bond motifs is 1. The average molecular weight is 417 g/mol. The average Bonchev–Trinajstić information content (AvgIpc) is 3.49. The Labute approximate surface area is 175 Å². The molecule has 2 heterocycles. The number of carbonyl (C=O) groups excluding carboxylic acids is 1. The molecular weight excluding hydrogens is 392 g/mol. The van der Waals surface area contributed by atoms with Crippen LogP contribution in [0.15, 0.2) is 34.9 Å². The van der Waals surface area contributed by atoms with Crippen molar-refractivity contribution in [3.8, 4) is 5.75 Å². The van der Waals surface area contributed by atoms with E-state index in [1.165, 1.54) is 0 Å². The van der Waals surface area contributed by atoms with Crippen LogP contribution in [0.2, 0.25) is 0 Å². The Balaban J connectivity index is 0.00000240. The highest BCUT2D eigenvalue weighted by atomic mass is 35.5. The lowest BCUT2D eigenvalue weighted by atomic mass is 10.0. The molecule has 0 spiro atoms. The molecule has 0 bridgehead atoms. The number of hydrogen-bond acceptors (Lipinski definition) is 6. The minimum Gasteiger partial charge on any atom is -0.492 e. The van der Waals surface area contributed by atoms with Crippen LogP contribution in [0.5, 0.6) is 5.75 Å². The number of ether oxygens (including phenoxy) is 1. The fourth-order valence-electron chi connectivity index (χ4n) is 3.21. The number of pyridine rings is 1. The van der Waals surface area contributed by atoms with Gasteiger partial charge in [-0.05, 0) is 49.6 Å². The van der Waals surface area contributed by atoms with Crippen molar-refractivity contribution in [3.05, 3.63) is 47.3 Å². The number of amides is 1. The van der Waals surface area contributed by atoms with E-state index in [2.05, 4.69) is 22.4 Å². The van der Waals surface area contributed by atoms with E-state index in [1.54, 1.807) is 0 Å². The van der Waals surface area contributed by atoms with Gasteiger partial charge in [0.2, 0.25) is 0 Å². The van der Waals surface area contributed by atoms with Crippen molar-refractivity contribution in [2.24, 2.45) is 5.73 Å². The third-order valence-corrected chi connectivity index (χ3v) is 4.76. The summed E-state index contributed by atoms with van der Waals surface area (Å²) in [4.78, 5) is 17.7. The molecule has 1 aromatic carbocycles. The highest BCUT2D eigenvalue weighted by Crippen LogP contribution is 2.40. The molecule has 0 unspecified atom stereocenters. The molecule has 3 aromatic rings. The zero-order chi connectivity index (χ0) is 19.5. The van der Waals surface area contributed by atoms with Crippen LogP contribution in [-0.2, 0) is 6.42 Å². The van der Waals surface area contributed by atoms with Crippen molar-refractivity contribution in [1.82, 2.24) is 10.1 Å². The van der Waals surface area contributed by atoms with Crippen LogP contribution in [0, 0.1) is 0 Å². The predicted octanol–water partition coefficient (Wildman–Crippen LogP) is 4.06. The summed E-state index contributed by atoms with van der Waals surface area (Å²) in [5, 5.41) is 7.83. The first kappa shape index (κ1) is 21.1. The first-order valence-electron chi connectivity index (χ1n) is 9.73. The molecule has 2 aromatic heterocycles. The van der Waals surface area contributed by atoms with Gasteiger partial charge in [0.1, 0.15) is 12.4 Å². The summed E-state index contributed by atoms with van der Waals surface area (Å²) in [7, 11) is 0. The molecule has 1 amide bonds. The number of nitrogens with one attached hydrogen (secondary N) is 1. The lowest BCUT2D eigenvalue weighted by Crippen LogP contribution is -2.14. The number of anilines is 1. The van der Waals surface area contributed by atoms with Crippen LogP contribution in [0.4, 0.5) is 5.69 Å². The molecule has 4 rings (SSSR count). The van der Waals surface area contributed by atoms with Gasteiger partial charge in [-0.2, -0.15) is 0 Å². The van der Waals surface area contributed by atoms with Crippen molar-refractivity contribution in [2.75, 3.05) is 18.5 Å². The summed E-state index contributed by atoms with van der Waals surface area (Å²) >= 11 is 0. The maximum Gasteiger partial charge on any atom is 0.259 e. The van der Waals surface area contributed by atoms with E-state index in [-0.39, 0.29) is 18.3 Å². The smallest absolute Gasteiger partial charge is 0.259 e. The molecule has 0 saturated heterocycles. The molecule has 29 heavy (non-hydrogen) atoms. The van der Waals surface area contributed by atoms with Gasteiger partial charge >= 0.3 is 0 Å². The van der Waals surface area contributed by atoms with Gasteiger partial charge in [0, 0.05) is 23.8 Å². The molecule has 1 saturated carbocycles.